The molecule has 0 bridgehead atoms. The summed E-state index contributed by atoms with van der Waals surface area (Å²) in [6, 6.07) is 38.6. The van der Waals surface area contributed by atoms with Gasteiger partial charge in [0.2, 0.25) is 0 Å². The largest absolute Gasteiger partial charge is 0.294 e. The topological polar surface area (TPSA) is 30.7 Å². The molecule has 0 amide bonds. The van der Waals surface area contributed by atoms with E-state index in [4.69, 9.17) is 4.98 Å². The number of aromatic nitrogens is 3. The van der Waals surface area contributed by atoms with Crippen LogP contribution in [0.5, 0.6) is 0 Å². The fourth-order valence-electron chi connectivity index (χ4n) is 5.79. The van der Waals surface area contributed by atoms with Gasteiger partial charge in [0.15, 0.2) is 0 Å². The summed E-state index contributed by atoms with van der Waals surface area (Å²) >= 11 is 0. The lowest BCUT2D eigenvalue weighted by molar-refractivity contribution is 1.08. The highest BCUT2D eigenvalue weighted by molar-refractivity contribution is 6.26. The summed E-state index contributed by atoms with van der Waals surface area (Å²) in [6.07, 6.45) is 1.81. The van der Waals surface area contributed by atoms with Crippen molar-refractivity contribution in [3.63, 3.8) is 0 Å². The molecule has 35 heavy (non-hydrogen) atoms. The molecule has 0 N–H and O–H groups in total. The first kappa shape index (κ1) is 18.6. The first-order valence-corrected chi connectivity index (χ1v) is 11.9. The van der Waals surface area contributed by atoms with Crippen LogP contribution in [0.2, 0.25) is 0 Å². The van der Waals surface area contributed by atoms with Crippen LogP contribution in [0.15, 0.2) is 115 Å². The Morgan fingerprint density at radius 1 is 0.514 bits per heavy atom. The highest BCUT2D eigenvalue weighted by atomic mass is 15.1. The predicted molar refractivity (Wildman–Crippen MR) is 144 cm³/mol. The van der Waals surface area contributed by atoms with Crippen molar-refractivity contribution in [1.82, 2.24) is 14.5 Å². The zero-order valence-electron chi connectivity index (χ0n) is 18.8. The molecule has 3 heterocycles. The van der Waals surface area contributed by atoms with E-state index >= 15 is 0 Å². The lowest BCUT2D eigenvalue weighted by atomic mass is 9.98. The monoisotopic (exact) mass is 445 g/mol. The minimum absolute atomic E-state index is 0.868. The molecule has 0 saturated heterocycles. The van der Waals surface area contributed by atoms with Crippen molar-refractivity contribution in [1.29, 1.82) is 0 Å². The van der Waals surface area contributed by atoms with Crippen LogP contribution in [-0.2, 0) is 0 Å². The van der Waals surface area contributed by atoms with Crippen molar-refractivity contribution in [2.24, 2.45) is 0 Å². The molecule has 8 rings (SSSR count). The molecule has 0 saturated carbocycles. The Morgan fingerprint density at radius 2 is 1.31 bits per heavy atom. The molecule has 0 unspecified atom stereocenters. The first-order valence-electron chi connectivity index (χ1n) is 11.9. The van der Waals surface area contributed by atoms with E-state index in [1.807, 2.05) is 30.5 Å². The highest BCUT2D eigenvalue weighted by Crippen LogP contribution is 2.52. The molecule has 0 fully saturated rings. The Balaban J connectivity index is 1.48. The second kappa shape index (κ2) is 6.87. The van der Waals surface area contributed by atoms with Gasteiger partial charge in [0.25, 0.3) is 0 Å². The van der Waals surface area contributed by atoms with Crippen molar-refractivity contribution in [2.45, 2.75) is 0 Å². The number of para-hydroxylation sites is 1. The van der Waals surface area contributed by atoms with Gasteiger partial charge in [-0.3, -0.25) is 9.55 Å². The summed E-state index contributed by atoms with van der Waals surface area (Å²) in [5.74, 6) is 0.896. The number of fused-ring (bicyclic) bond motifs is 7. The summed E-state index contributed by atoms with van der Waals surface area (Å²) in [4.78, 5) is 9.57. The SMILES string of the molecule is c1ccc(-c2cccc(-n3c4ccccc4c4c5c(ccc43)-c3cccc4cccc-5c34)n2)nc1. The maximum atomic E-state index is 5.06. The minimum atomic E-state index is 0.868. The summed E-state index contributed by atoms with van der Waals surface area (Å²) in [6.45, 7) is 0. The molecule has 3 nitrogen and oxygen atoms in total. The van der Waals surface area contributed by atoms with Crippen LogP contribution in [0.25, 0.3) is 72.0 Å². The third-order valence-electron chi connectivity index (χ3n) is 7.19. The van der Waals surface area contributed by atoms with Crippen LogP contribution in [0.3, 0.4) is 0 Å². The Bertz CT molecular complexity index is 1940. The second-order valence-corrected chi connectivity index (χ2v) is 9.04. The zero-order valence-corrected chi connectivity index (χ0v) is 18.8. The molecular weight excluding hydrogens is 426 g/mol. The predicted octanol–water partition coefficient (Wildman–Crippen LogP) is 8.04. The molecule has 0 spiro atoms. The number of hydrogen-bond acceptors (Lipinski definition) is 2. The van der Waals surface area contributed by atoms with Gasteiger partial charge >= 0.3 is 0 Å². The average molecular weight is 446 g/mol. The molecule has 0 radical (unpaired) electrons. The minimum Gasteiger partial charge on any atom is -0.294 e. The molecule has 3 heteroatoms. The summed E-state index contributed by atoms with van der Waals surface area (Å²) in [5, 5.41) is 5.17. The van der Waals surface area contributed by atoms with E-state index in [1.54, 1.807) is 0 Å². The number of hydrogen-bond donors (Lipinski definition) is 0. The third-order valence-corrected chi connectivity index (χ3v) is 7.19. The van der Waals surface area contributed by atoms with E-state index in [0.29, 0.717) is 0 Å². The molecule has 7 aromatic rings. The van der Waals surface area contributed by atoms with E-state index in [1.165, 1.54) is 49.3 Å². The molecule has 0 atom stereocenters. The maximum absolute atomic E-state index is 5.06. The van der Waals surface area contributed by atoms with E-state index in [-0.39, 0.29) is 0 Å². The first-order chi connectivity index (χ1) is 17.4. The third kappa shape index (κ3) is 2.50. The van der Waals surface area contributed by atoms with E-state index in [9.17, 15) is 0 Å². The summed E-state index contributed by atoms with van der Waals surface area (Å²) in [7, 11) is 0. The van der Waals surface area contributed by atoms with Gasteiger partial charge in [0.05, 0.1) is 22.4 Å². The van der Waals surface area contributed by atoms with Crippen LogP contribution in [0, 0.1) is 0 Å². The Labute approximate surface area is 202 Å². The maximum Gasteiger partial charge on any atom is 0.138 e. The second-order valence-electron chi connectivity index (χ2n) is 9.04. The van der Waals surface area contributed by atoms with Gasteiger partial charge in [-0.15, -0.1) is 0 Å². The lowest BCUT2D eigenvalue weighted by Gasteiger charge is -2.10. The van der Waals surface area contributed by atoms with Crippen molar-refractivity contribution in [3.8, 4) is 39.5 Å². The lowest BCUT2D eigenvalue weighted by Crippen LogP contribution is -1.99. The van der Waals surface area contributed by atoms with Crippen molar-refractivity contribution >= 4 is 32.6 Å². The van der Waals surface area contributed by atoms with Gasteiger partial charge in [-0.1, -0.05) is 72.8 Å². The van der Waals surface area contributed by atoms with Gasteiger partial charge in [-0.25, -0.2) is 4.98 Å². The Hall–Kier alpha value is -4.76. The van der Waals surface area contributed by atoms with Crippen LogP contribution >= 0.6 is 0 Å². The summed E-state index contributed by atoms with van der Waals surface area (Å²) < 4.78 is 2.29. The van der Waals surface area contributed by atoms with Crippen molar-refractivity contribution in [2.75, 3.05) is 0 Å². The van der Waals surface area contributed by atoms with Crippen LogP contribution < -0.4 is 0 Å². The summed E-state index contributed by atoms with van der Waals surface area (Å²) in [5.41, 5.74) is 9.34. The van der Waals surface area contributed by atoms with Crippen molar-refractivity contribution in [3.05, 3.63) is 115 Å². The fourth-order valence-corrected chi connectivity index (χ4v) is 5.79. The van der Waals surface area contributed by atoms with Crippen molar-refractivity contribution < 1.29 is 0 Å². The number of benzene rings is 4. The molecule has 0 aliphatic heterocycles. The van der Waals surface area contributed by atoms with E-state index in [0.717, 1.165) is 22.7 Å². The number of nitrogens with zero attached hydrogens (tertiary/aromatic N) is 3. The van der Waals surface area contributed by atoms with E-state index < -0.39 is 0 Å². The van der Waals surface area contributed by atoms with Gasteiger partial charge in [-0.2, -0.15) is 0 Å². The highest BCUT2D eigenvalue weighted by Gasteiger charge is 2.26. The Kier molecular flexibility index (Phi) is 3.66. The molecular formula is C32H19N3. The van der Waals surface area contributed by atoms with Gasteiger partial charge < -0.3 is 0 Å². The number of pyridine rings is 2. The molecule has 1 aliphatic rings. The zero-order chi connectivity index (χ0) is 22.9. The average Bonchev–Trinajstić information content (AvgIpc) is 3.44. The molecule has 162 valence electrons. The standard InChI is InChI=1S/C32H19N3/c1-2-15-27-23(10-1)32-28(35(27)29-16-7-14-26(34-29)25-13-3-4-19-33-25)18-17-22-21-11-5-8-20-9-6-12-24(30(20)21)31(22)32/h1-19H. The smallest absolute Gasteiger partial charge is 0.138 e. The fraction of sp³-hybridized carbons (Fsp3) is 0. The van der Waals surface area contributed by atoms with Crippen LogP contribution in [0.1, 0.15) is 0 Å². The van der Waals surface area contributed by atoms with Gasteiger partial charge in [-0.05, 0) is 63.9 Å². The quantitative estimate of drug-likeness (QED) is 0.269. The van der Waals surface area contributed by atoms with E-state index in [2.05, 4.69) is 94.5 Å². The van der Waals surface area contributed by atoms with Gasteiger partial charge in [0.1, 0.15) is 5.82 Å². The molecule has 3 aromatic heterocycles. The van der Waals surface area contributed by atoms with Crippen LogP contribution in [-0.4, -0.2) is 14.5 Å². The Morgan fingerprint density at radius 3 is 2.20 bits per heavy atom. The van der Waals surface area contributed by atoms with Gasteiger partial charge in [0, 0.05) is 22.5 Å². The molecule has 4 aromatic carbocycles. The normalized spacial score (nSPS) is 12.0. The molecule has 1 aliphatic carbocycles. The number of rotatable bonds is 2. The van der Waals surface area contributed by atoms with Crippen LogP contribution in [0.4, 0.5) is 0 Å².